The fraction of sp³-hybridized carbons (Fsp3) is 0.562. The number of carbonyl (C=O) groups is 1. The molecule has 0 heterocycles. The predicted molar refractivity (Wildman–Crippen MR) is 226 cm³/mol. The van der Waals surface area contributed by atoms with Crippen LogP contribution < -0.4 is 20.5 Å². The number of rotatable bonds is 10. The molecule has 3 N–H and O–H groups in total. The second-order valence-electron chi connectivity index (χ2n) is 17.6. The van der Waals surface area contributed by atoms with E-state index in [1.165, 1.54) is 61.3 Å². The number of nitrogens with one attached hydrogen (secondary N) is 1. The Kier molecular flexibility index (Phi) is 16.2. The van der Waals surface area contributed by atoms with Gasteiger partial charge in [-0.3, -0.25) is 4.79 Å². The van der Waals surface area contributed by atoms with Gasteiger partial charge in [-0.1, -0.05) is 91.8 Å². The van der Waals surface area contributed by atoms with Crippen LogP contribution in [-0.2, 0) is 6.54 Å². The molecule has 0 radical (unpaired) electrons. The van der Waals surface area contributed by atoms with Gasteiger partial charge in [-0.15, -0.1) is 0 Å². The van der Waals surface area contributed by atoms with E-state index < -0.39 is 0 Å². The maximum Gasteiger partial charge on any atom is 0.150 e. The lowest BCUT2D eigenvalue weighted by Gasteiger charge is -2.37. The van der Waals surface area contributed by atoms with Crippen LogP contribution in [-0.4, -0.2) is 31.6 Å². The van der Waals surface area contributed by atoms with Crippen molar-refractivity contribution in [2.45, 2.75) is 138 Å². The van der Waals surface area contributed by atoms with Gasteiger partial charge in [-0.2, -0.15) is 0 Å². The summed E-state index contributed by atoms with van der Waals surface area (Å²) in [5.74, 6) is 3.60. The minimum Gasteiger partial charge on any atom is -0.490 e. The highest BCUT2D eigenvalue weighted by Gasteiger charge is 2.31. The van der Waals surface area contributed by atoms with Crippen molar-refractivity contribution in [2.75, 3.05) is 13.1 Å². The number of benzene rings is 4. The monoisotopic (exact) mass is 723 g/mol. The zero-order valence-electron chi connectivity index (χ0n) is 34.3. The molecule has 5 heteroatoms. The maximum atomic E-state index is 10.9. The molecule has 5 nitrogen and oxygen atoms in total. The zero-order chi connectivity index (χ0) is 38.4. The Morgan fingerprint density at radius 2 is 1.06 bits per heavy atom. The van der Waals surface area contributed by atoms with Crippen LogP contribution in [0.25, 0.3) is 21.5 Å². The molecular formula is C48H70N2O3. The van der Waals surface area contributed by atoms with Gasteiger partial charge in [-0.25, -0.2) is 0 Å². The van der Waals surface area contributed by atoms with Crippen molar-refractivity contribution in [3.63, 3.8) is 0 Å². The van der Waals surface area contributed by atoms with Crippen molar-refractivity contribution in [2.24, 2.45) is 28.4 Å². The van der Waals surface area contributed by atoms with E-state index in [9.17, 15) is 4.79 Å². The summed E-state index contributed by atoms with van der Waals surface area (Å²) in [5, 5.41) is 8.24. The van der Waals surface area contributed by atoms with Crippen LogP contribution in [0.15, 0.2) is 72.8 Å². The lowest BCUT2D eigenvalue weighted by Crippen LogP contribution is -2.30. The normalized spacial score (nSPS) is 20.5. The zero-order valence-corrected chi connectivity index (χ0v) is 34.3. The largest absolute Gasteiger partial charge is 0.490 e. The number of hydrogen-bond donors (Lipinski definition) is 2. The summed E-state index contributed by atoms with van der Waals surface area (Å²) in [6.07, 6.45) is 13.6. The van der Waals surface area contributed by atoms with Gasteiger partial charge < -0.3 is 20.5 Å². The van der Waals surface area contributed by atoms with Gasteiger partial charge in [0.1, 0.15) is 17.8 Å². The lowest BCUT2D eigenvalue weighted by atomic mass is 9.72. The predicted octanol–water partition coefficient (Wildman–Crippen LogP) is 12.3. The van der Waals surface area contributed by atoms with Gasteiger partial charge in [0.15, 0.2) is 0 Å². The topological polar surface area (TPSA) is 73.6 Å². The van der Waals surface area contributed by atoms with E-state index in [0.717, 1.165) is 79.3 Å². The first-order valence-electron chi connectivity index (χ1n) is 20.6. The van der Waals surface area contributed by atoms with Crippen molar-refractivity contribution in [3.8, 4) is 11.5 Å². The van der Waals surface area contributed by atoms with Crippen LogP contribution in [0.4, 0.5) is 0 Å². The van der Waals surface area contributed by atoms with E-state index in [2.05, 4.69) is 103 Å². The molecule has 0 saturated heterocycles. The highest BCUT2D eigenvalue weighted by Crippen LogP contribution is 2.40. The third-order valence-corrected chi connectivity index (χ3v) is 11.3. The van der Waals surface area contributed by atoms with Gasteiger partial charge in [-0.05, 0) is 163 Å². The van der Waals surface area contributed by atoms with Crippen LogP contribution in [0.5, 0.6) is 11.5 Å². The van der Waals surface area contributed by atoms with Crippen LogP contribution in [0.1, 0.15) is 136 Å². The minimum atomic E-state index is 0.334. The number of carbonyl (C=O) groups excluding carboxylic acids is 1. The Bertz CT molecular complexity index is 1680. The van der Waals surface area contributed by atoms with Crippen molar-refractivity contribution in [1.82, 2.24) is 5.32 Å². The molecule has 53 heavy (non-hydrogen) atoms. The van der Waals surface area contributed by atoms with E-state index in [1.807, 2.05) is 30.3 Å². The molecule has 4 aromatic rings. The molecule has 0 aromatic heterocycles. The Balaban J connectivity index is 0.000000216. The average Bonchev–Trinajstić information content (AvgIpc) is 3.15. The molecule has 4 aromatic carbocycles. The van der Waals surface area contributed by atoms with Gasteiger partial charge >= 0.3 is 0 Å². The summed E-state index contributed by atoms with van der Waals surface area (Å²) in [4.78, 5) is 10.9. The SMILES string of the molecule is CC(C)(C)C1CCC(Oc2ccc3cc(C=O)ccc3c2)CC1.CCCN.CCCNCc1ccc2cc(OC3CCC(C(C)(C)C)CC3)ccc2c1. The Morgan fingerprint density at radius 1 is 0.623 bits per heavy atom. The van der Waals surface area contributed by atoms with E-state index in [1.54, 1.807) is 0 Å². The molecule has 6 rings (SSSR count). The minimum absolute atomic E-state index is 0.334. The number of fused-ring (bicyclic) bond motifs is 2. The molecule has 2 aliphatic carbocycles. The molecule has 0 amide bonds. The van der Waals surface area contributed by atoms with Gasteiger partial charge in [0.05, 0.1) is 12.2 Å². The molecule has 2 fully saturated rings. The summed E-state index contributed by atoms with van der Waals surface area (Å²) in [6, 6.07) is 25.2. The van der Waals surface area contributed by atoms with E-state index in [0.29, 0.717) is 28.6 Å². The Hall–Kier alpha value is -3.41. The molecule has 0 aliphatic heterocycles. The van der Waals surface area contributed by atoms with E-state index >= 15 is 0 Å². The van der Waals surface area contributed by atoms with Gasteiger partial charge in [0.25, 0.3) is 0 Å². The lowest BCUT2D eigenvalue weighted by molar-refractivity contribution is 0.0881. The molecule has 0 spiro atoms. The summed E-state index contributed by atoms with van der Waals surface area (Å²) >= 11 is 0. The molecule has 290 valence electrons. The van der Waals surface area contributed by atoms with Crippen LogP contribution >= 0.6 is 0 Å². The van der Waals surface area contributed by atoms with Crippen molar-refractivity contribution in [1.29, 1.82) is 0 Å². The first kappa shape index (κ1) is 42.3. The summed E-state index contributed by atoms with van der Waals surface area (Å²) in [5.41, 5.74) is 7.92. The van der Waals surface area contributed by atoms with Crippen molar-refractivity contribution >= 4 is 27.8 Å². The summed E-state index contributed by atoms with van der Waals surface area (Å²) < 4.78 is 12.5. The number of hydrogen-bond acceptors (Lipinski definition) is 5. The highest BCUT2D eigenvalue weighted by molar-refractivity contribution is 5.89. The second kappa shape index (κ2) is 20.3. The molecule has 0 atom stereocenters. The Labute approximate surface area is 321 Å². The average molecular weight is 723 g/mol. The van der Waals surface area contributed by atoms with Crippen LogP contribution in [0.3, 0.4) is 0 Å². The fourth-order valence-electron chi connectivity index (χ4n) is 7.73. The summed E-state index contributed by atoms with van der Waals surface area (Å²) in [6.45, 7) is 21.2. The first-order chi connectivity index (χ1) is 25.3. The standard InChI is InChI=1S/C24H35NO.C21H26O2.C3H9N/c1-5-14-25-17-18-6-7-20-16-23(11-8-19(20)15-18)26-22-12-9-21(10-13-22)24(2,3)4;1-21(2,3)18-7-10-19(11-8-18)23-20-9-6-16-12-15(14-22)4-5-17(16)13-20;1-2-3-4/h6-8,11,15-16,21-22,25H,5,9-10,12-14,17H2,1-4H3;4-6,9,12-14,18-19H,7-8,10-11H2,1-3H3;2-4H2,1H3. The third kappa shape index (κ3) is 13.4. The molecule has 2 aliphatic rings. The second-order valence-corrected chi connectivity index (χ2v) is 17.6. The molecule has 0 bridgehead atoms. The molecular weight excluding hydrogens is 653 g/mol. The molecule has 2 saturated carbocycles. The highest BCUT2D eigenvalue weighted by atomic mass is 16.5. The Morgan fingerprint density at radius 3 is 1.49 bits per heavy atom. The van der Waals surface area contributed by atoms with Crippen molar-refractivity contribution in [3.05, 3.63) is 83.9 Å². The van der Waals surface area contributed by atoms with Gasteiger partial charge in [0.2, 0.25) is 0 Å². The number of ether oxygens (including phenoxy) is 2. The molecule has 0 unspecified atom stereocenters. The van der Waals surface area contributed by atoms with E-state index in [-0.39, 0.29) is 0 Å². The number of aldehydes is 1. The smallest absolute Gasteiger partial charge is 0.150 e. The maximum absolute atomic E-state index is 10.9. The quantitative estimate of drug-likeness (QED) is 0.126. The van der Waals surface area contributed by atoms with Gasteiger partial charge in [0, 0.05) is 12.1 Å². The first-order valence-corrected chi connectivity index (χ1v) is 20.6. The third-order valence-electron chi connectivity index (χ3n) is 11.3. The van der Waals surface area contributed by atoms with Crippen LogP contribution in [0, 0.1) is 22.7 Å². The fourth-order valence-corrected chi connectivity index (χ4v) is 7.73. The van der Waals surface area contributed by atoms with Crippen molar-refractivity contribution < 1.29 is 14.3 Å². The number of nitrogens with two attached hydrogens (primary N) is 1. The van der Waals surface area contributed by atoms with E-state index in [4.69, 9.17) is 15.2 Å². The summed E-state index contributed by atoms with van der Waals surface area (Å²) in [7, 11) is 0. The van der Waals surface area contributed by atoms with Crippen LogP contribution in [0.2, 0.25) is 0 Å².